The number of aromatic nitrogens is 2. The maximum atomic E-state index is 11.5. The van der Waals surface area contributed by atoms with Crippen LogP contribution in [0.1, 0.15) is 13.8 Å². The highest BCUT2D eigenvalue weighted by atomic mass is 16.2. The maximum absolute atomic E-state index is 11.5. The number of nitrogens with two attached hydrogens (primary N) is 1. The molecule has 18 heavy (non-hydrogen) atoms. The fraction of sp³-hybridized carbons (Fsp3) is 0.545. The van der Waals surface area contributed by atoms with Crippen LogP contribution in [0.15, 0.2) is 12.3 Å². The number of nitrogens with zero attached hydrogens (tertiary/aromatic N) is 2. The lowest BCUT2D eigenvalue weighted by Gasteiger charge is -2.08. The van der Waals surface area contributed by atoms with Crippen molar-refractivity contribution in [2.24, 2.45) is 5.92 Å². The first-order valence-corrected chi connectivity index (χ1v) is 5.79. The normalized spacial score (nSPS) is 10.4. The molecule has 2 amide bonds. The van der Waals surface area contributed by atoms with Crippen LogP contribution in [0.3, 0.4) is 0 Å². The molecule has 0 atom stereocenters. The number of rotatable bonds is 6. The van der Waals surface area contributed by atoms with Gasteiger partial charge in [-0.25, -0.2) is 0 Å². The topological polar surface area (TPSA) is 102 Å². The van der Waals surface area contributed by atoms with Gasteiger partial charge in [-0.1, -0.05) is 13.8 Å². The van der Waals surface area contributed by atoms with Crippen molar-refractivity contribution in [3.05, 3.63) is 12.3 Å². The molecule has 0 aliphatic heterocycles. The van der Waals surface area contributed by atoms with Crippen molar-refractivity contribution in [3.8, 4) is 0 Å². The van der Waals surface area contributed by atoms with Crippen LogP contribution < -0.4 is 16.4 Å². The van der Waals surface area contributed by atoms with Crippen molar-refractivity contribution in [2.75, 3.05) is 18.8 Å². The lowest BCUT2D eigenvalue weighted by atomic mass is 10.2. The summed E-state index contributed by atoms with van der Waals surface area (Å²) in [6, 6.07) is 1.60. The second-order valence-electron chi connectivity index (χ2n) is 4.41. The SMILES string of the molecule is CC(C)CNC(=O)CNC(=O)Cn1ccc(N)n1. The highest BCUT2D eigenvalue weighted by molar-refractivity contribution is 5.84. The van der Waals surface area contributed by atoms with E-state index in [1.54, 1.807) is 12.3 Å². The number of amides is 2. The quantitative estimate of drug-likeness (QED) is 0.627. The largest absolute Gasteiger partial charge is 0.382 e. The van der Waals surface area contributed by atoms with Gasteiger partial charge in [0.05, 0.1) is 6.54 Å². The van der Waals surface area contributed by atoms with Gasteiger partial charge in [-0.2, -0.15) is 5.10 Å². The van der Waals surface area contributed by atoms with Gasteiger partial charge in [-0.3, -0.25) is 14.3 Å². The van der Waals surface area contributed by atoms with Crippen LogP contribution in [0.25, 0.3) is 0 Å². The number of nitrogens with one attached hydrogen (secondary N) is 2. The third-order valence-electron chi connectivity index (χ3n) is 2.12. The average Bonchev–Trinajstić information content (AvgIpc) is 2.69. The molecule has 0 unspecified atom stereocenters. The van der Waals surface area contributed by atoms with E-state index in [0.29, 0.717) is 18.3 Å². The summed E-state index contributed by atoms with van der Waals surface area (Å²) >= 11 is 0. The van der Waals surface area contributed by atoms with Crippen molar-refractivity contribution in [1.82, 2.24) is 20.4 Å². The van der Waals surface area contributed by atoms with Crippen LogP contribution in [-0.2, 0) is 16.1 Å². The molecule has 7 nitrogen and oxygen atoms in total. The van der Waals surface area contributed by atoms with E-state index in [-0.39, 0.29) is 24.9 Å². The molecule has 0 aromatic carbocycles. The van der Waals surface area contributed by atoms with Crippen LogP contribution in [0.4, 0.5) is 5.82 Å². The molecule has 7 heteroatoms. The molecule has 1 aromatic heterocycles. The first-order chi connectivity index (χ1) is 8.47. The van der Waals surface area contributed by atoms with E-state index in [1.165, 1.54) is 4.68 Å². The first-order valence-electron chi connectivity index (χ1n) is 5.79. The van der Waals surface area contributed by atoms with Crippen molar-refractivity contribution < 1.29 is 9.59 Å². The van der Waals surface area contributed by atoms with Crippen LogP contribution in [0, 0.1) is 5.92 Å². The second kappa shape index (κ2) is 6.63. The molecule has 0 fully saturated rings. The zero-order chi connectivity index (χ0) is 13.5. The summed E-state index contributed by atoms with van der Waals surface area (Å²) in [6.07, 6.45) is 1.60. The van der Waals surface area contributed by atoms with Gasteiger partial charge in [-0.15, -0.1) is 0 Å². The Kier molecular flexibility index (Phi) is 5.16. The van der Waals surface area contributed by atoms with Gasteiger partial charge in [0.25, 0.3) is 0 Å². The van der Waals surface area contributed by atoms with E-state index in [2.05, 4.69) is 15.7 Å². The van der Waals surface area contributed by atoms with Crippen molar-refractivity contribution in [3.63, 3.8) is 0 Å². The maximum Gasteiger partial charge on any atom is 0.242 e. The van der Waals surface area contributed by atoms with Crippen LogP contribution >= 0.6 is 0 Å². The zero-order valence-electron chi connectivity index (χ0n) is 10.6. The van der Waals surface area contributed by atoms with E-state index < -0.39 is 0 Å². The standard InChI is InChI=1S/C11H19N5O2/c1-8(2)5-13-10(17)6-14-11(18)7-16-4-3-9(12)15-16/h3-4,8H,5-7H2,1-2H3,(H2,12,15)(H,13,17)(H,14,18). The number of hydrogen-bond donors (Lipinski definition) is 3. The molecule has 100 valence electrons. The summed E-state index contributed by atoms with van der Waals surface area (Å²) in [5, 5.41) is 9.09. The van der Waals surface area contributed by atoms with Crippen molar-refractivity contribution in [2.45, 2.75) is 20.4 Å². The monoisotopic (exact) mass is 253 g/mol. The minimum atomic E-state index is -0.280. The molecular formula is C11H19N5O2. The predicted molar refractivity (Wildman–Crippen MR) is 67.5 cm³/mol. The van der Waals surface area contributed by atoms with E-state index in [4.69, 9.17) is 5.73 Å². The lowest BCUT2D eigenvalue weighted by Crippen LogP contribution is -2.39. The zero-order valence-corrected chi connectivity index (χ0v) is 10.6. The van der Waals surface area contributed by atoms with Crippen LogP contribution in [0.2, 0.25) is 0 Å². The van der Waals surface area contributed by atoms with E-state index >= 15 is 0 Å². The summed E-state index contributed by atoms with van der Waals surface area (Å²) in [4.78, 5) is 22.8. The van der Waals surface area contributed by atoms with Gasteiger partial charge in [0.15, 0.2) is 0 Å². The average molecular weight is 253 g/mol. The number of hydrogen-bond acceptors (Lipinski definition) is 4. The van der Waals surface area contributed by atoms with Gasteiger partial charge < -0.3 is 16.4 Å². The molecule has 0 bridgehead atoms. The van der Waals surface area contributed by atoms with Gasteiger partial charge in [0, 0.05) is 12.7 Å². The number of anilines is 1. The molecule has 0 radical (unpaired) electrons. The van der Waals surface area contributed by atoms with E-state index in [0.717, 1.165) is 0 Å². The summed E-state index contributed by atoms with van der Waals surface area (Å²) in [6.45, 7) is 4.63. The molecule has 0 aliphatic carbocycles. The highest BCUT2D eigenvalue weighted by Crippen LogP contribution is 1.94. The predicted octanol–water partition coefficient (Wildman–Crippen LogP) is -0.646. The summed E-state index contributed by atoms with van der Waals surface area (Å²) in [5.74, 6) is 0.268. The van der Waals surface area contributed by atoms with Crippen LogP contribution in [-0.4, -0.2) is 34.7 Å². The van der Waals surface area contributed by atoms with E-state index in [1.807, 2.05) is 13.8 Å². The molecule has 4 N–H and O–H groups in total. The first kappa shape index (κ1) is 14.0. The summed E-state index contributed by atoms with van der Waals surface area (Å²) in [7, 11) is 0. The molecule has 0 saturated heterocycles. The summed E-state index contributed by atoms with van der Waals surface area (Å²) < 4.78 is 1.41. The third kappa shape index (κ3) is 5.33. The molecule has 0 aliphatic rings. The minimum absolute atomic E-state index is 0.0255. The number of carbonyl (C=O) groups excluding carboxylic acids is 2. The van der Waals surface area contributed by atoms with Gasteiger partial charge in [-0.05, 0) is 12.0 Å². The fourth-order valence-electron chi connectivity index (χ4n) is 1.23. The Morgan fingerprint density at radius 1 is 1.39 bits per heavy atom. The Labute approximate surface area is 106 Å². The van der Waals surface area contributed by atoms with Gasteiger partial charge >= 0.3 is 0 Å². The number of carbonyl (C=O) groups is 2. The lowest BCUT2D eigenvalue weighted by molar-refractivity contribution is -0.126. The van der Waals surface area contributed by atoms with Crippen molar-refractivity contribution >= 4 is 17.6 Å². The number of nitrogen functional groups attached to an aromatic ring is 1. The second-order valence-corrected chi connectivity index (χ2v) is 4.41. The Hall–Kier alpha value is -2.05. The van der Waals surface area contributed by atoms with E-state index in [9.17, 15) is 9.59 Å². The molecule has 1 aromatic rings. The molecule has 1 rings (SSSR count). The molecular weight excluding hydrogens is 234 g/mol. The van der Waals surface area contributed by atoms with Gasteiger partial charge in [0.1, 0.15) is 12.4 Å². The molecule has 1 heterocycles. The Balaban J connectivity index is 2.22. The van der Waals surface area contributed by atoms with Gasteiger partial charge in [0.2, 0.25) is 11.8 Å². The summed E-state index contributed by atoms with van der Waals surface area (Å²) in [5.41, 5.74) is 5.42. The van der Waals surface area contributed by atoms with Crippen molar-refractivity contribution in [1.29, 1.82) is 0 Å². The fourth-order valence-corrected chi connectivity index (χ4v) is 1.23. The van der Waals surface area contributed by atoms with Crippen LogP contribution in [0.5, 0.6) is 0 Å². The molecule has 0 spiro atoms. The molecule has 0 saturated carbocycles. The Morgan fingerprint density at radius 2 is 2.11 bits per heavy atom. The highest BCUT2D eigenvalue weighted by Gasteiger charge is 2.07. The Morgan fingerprint density at radius 3 is 2.67 bits per heavy atom. The minimum Gasteiger partial charge on any atom is -0.382 e. The smallest absolute Gasteiger partial charge is 0.242 e. The third-order valence-corrected chi connectivity index (χ3v) is 2.12. The Bertz CT molecular complexity index is 413.